The van der Waals surface area contributed by atoms with Crippen LogP contribution < -0.4 is 5.32 Å². The van der Waals surface area contributed by atoms with Gasteiger partial charge in [-0.15, -0.1) is 0 Å². The van der Waals surface area contributed by atoms with Gasteiger partial charge >= 0.3 is 0 Å². The van der Waals surface area contributed by atoms with Crippen molar-refractivity contribution >= 4 is 17.5 Å². The maximum absolute atomic E-state index is 10.9. The monoisotopic (exact) mass is 191 g/mol. The fourth-order valence-corrected chi connectivity index (χ4v) is 1.20. The predicted octanol–water partition coefficient (Wildman–Crippen LogP) is 0.391. The van der Waals surface area contributed by atoms with E-state index in [0.29, 0.717) is 11.6 Å². The molecule has 0 bridgehead atoms. The van der Waals surface area contributed by atoms with Crippen LogP contribution in [-0.4, -0.2) is 25.5 Å². The molecule has 0 saturated heterocycles. The van der Waals surface area contributed by atoms with E-state index >= 15 is 0 Å². The normalized spacial score (nSPS) is 10.4. The fraction of sp³-hybridized carbons (Fsp3) is 0.250. The fourth-order valence-electron chi connectivity index (χ4n) is 1.20. The number of hydrogen-bond acceptors (Lipinski definition) is 4. The second-order valence-corrected chi connectivity index (χ2v) is 2.94. The van der Waals surface area contributed by atoms with Gasteiger partial charge in [-0.3, -0.25) is 4.79 Å². The standard InChI is InChI=1S/C8H9N5O/c1-5-3-7(12-6(2)14)13-8(11-5)9-4-10-13/h3-4H,1-2H3,(H,12,14). The average molecular weight is 191 g/mol. The maximum Gasteiger partial charge on any atom is 0.254 e. The summed E-state index contributed by atoms with van der Waals surface area (Å²) in [5, 5.41) is 6.60. The van der Waals surface area contributed by atoms with Crippen molar-refractivity contribution in [3.63, 3.8) is 0 Å². The minimum atomic E-state index is -0.146. The summed E-state index contributed by atoms with van der Waals surface area (Å²) in [5.74, 6) is 0.915. The number of nitrogens with zero attached hydrogens (tertiary/aromatic N) is 4. The van der Waals surface area contributed by atoms with Gasteiger partial charge in [0.25, 0.3) is 5.78 Å². The molecule has 0 spiro atoms. The van der Waals surface area contributed by atoms with Crippen molar-refractivity contribution in [3.8, 4) is 0 Å². The Labute approximate surface area is 80.0 Å². The van der Waals surface area contributed by atoms with E-state index in [0.717, 1.165) is 5.69 Å². The van der Waals surface area contributed by atoms with E-state index in [-0.39, 0.29) is 5.91 Å². The summed E-state index contributed by atoms with van der Waals surface area (Å²) in [4.78, 5) is 19.0. The molecule has 0 saturated carbocycles. The molecule has 0 aliphatic rings. The Hall–Kier alpha value is -1.98. The van der Waals surface area contributed by atoms with E-state index in [2.05, 4.69) is 20.4 Å². The Bertz CT molecular complexity index is 489. The second-order valence-electron chi connectivity index (χ2n) is 2.94. The molecule has 14 heavy (non-hydrogen) atoms. The highest BCUT2D eigenvalue weighted by atomic mass is 16.1. The first kappa shape index (κ1) is 8.61. The molecule has 0 atom stereocenters. The van der Waals surface area contributed by atoms with Crippen molar-refractivity contribution in [1.82, 2.24) is 19.6 Å². The molecule has 0 radical (unpaired) electrons. The number of hydrogen-bond donors (Lipinski definition) is 1. The van der Waals surface area contributed by atoms with Crippen molar-refractivity contribution in [2.45, 2.75) is 13.8 Å². The molecule has 0 unspecified atom stereocenters. The number of carbonyl (C=O) groups excluding carboxylic acids is 1. The van der Waals surface area contributed by atoms with Crippen LogP contribution >= 0.6 is 0 Å². The van der Waals surface area contributed by atoms with Crippen LogP contribution in [0.3, 0.4) is 0 Å². The van der Waals surface area contributed by atoms with Crippen LogP contribution in [0, 0.1) is 6.92 Å². The Morgan fingerprint density at radius 1 is 1.57 bits per heavy atom. The van der Waals surface area contributed by atoms with Crippen LogP contribution in [0.5, 0.6) is 0 Å². The summed E-state index contributed by atoms with van der Waals surface area (Å²) in [6, 6.07) is 1.74. The van der Waals surface area contributed by atoms with Crippen molar-refractivity contribution < 1.29 is 4.79 Å². The van der Waals surface area contributed by atoms with Gasteiger partial charge < -0.3 is 5.32 Å². The summed E-state index contributed by atoms with van der Waals surface area (Å²) in [5.41, 5.74) is 0.786. The third-order valence-electron chi connectivity index (χ3n) is 1.68. The molecule has 1 N–H and O–H groups in total. The highest BCUT2D eigenvalue weighted by Gasteiger charge is 2.05. The van der Waals surface area contributed by atoms with Crippen LogP contribution in [0.15, 0.2) is 12.4 Å². The predicted molar refractivity (Wildman–Crippen MR) is 49.8 cm³/mol. The molecule has 0 fully saturated rings. The molecular weight excluding hydrogens is 182 g/mol. The molecule has 2 aromatic heterocycles. The van der Waals surface area contributed by atoms with Crippen molar-refractivity contribution in [3.05, 3.63) is 18.1 Å². The first-order valence-electron chi connectivity index (χ1n) is 4.12. The lowest BCUT2D eigenvalue weighted by Gasteiger charge is -2.04. The molecule has 2 aromatic rings. The zero-order chi connectivity index (χ0) is 10.1. The van der Waals surface area contributed by atoms with E-state index in [1.165, 1.54) is 17.8 Å². The van der Waals surface area contributed by atoms with E-state index in [1.807, 2.05) is 6.92 Å². The third-order valence-corrected chi connectivity index (χ3v) is 1.68. The number of nitrogens with one attached hydrogen (secondary N) is 1. The molecule has 1 amide bonds. The van der Waals surface area contributed by atoms with Crippen molar-refractivity contribution in [1.29, 1.82) is 0 Å². The van der Waals surface area contributed by atoms with Crippen LogP contribution in [0.25, 0.3) is 5.78 Å². The highest BCUT2D eigenvalue weighted by Crippen LogP contribution is 2.09. The highest BCUT2D eigenvalue weighted by molar-refractivity contribution is 5.87. The van der Waals surface area contributed by atoms with Gasteiger partial charge in [-0.2, -0.15) is 14.6 Å². The van der Waals surface area contributed by atoms with Crippen molar-refractivity contribution in [2.24, 2.45) is 0 Å². The van der Waals surface area contributed by atoms with E-state index in [1.54, 1.807) is 6.07 Å². The number of fused-ring (bicyclic) bond motifs is 1. The number of aryl methyl sites for hydroxylation is 1. The smallest absolute Gasteiger partial charge is 0.254 e. The third kappa shape index (κ3) is 1.41. The summed E-state index contributed by atoms with van der Waals surface area (Å²) in [6.07, 6.45) is 1.40. The Morgan fingerprint density at radius 2 is 2.36 bits per heavy atom. The summed E-state index contributed by atoms with van der Waals surface area (Å²) >= 11 is 0. The maximum atomic E-state index is 10.9. The number of rotatable bonds is 1. The number of aromatic nitrogens is 4. The van der Waals surface area contributed by atoms with Crippen molar-refractivity contribution in [2.75, 3.05) is 5.32 Å². The number of anilines is 1. The second kappa shape index (κ2) is 3.06. The zero-order valence-corrected chi connectivity index (χ0v) is 7.85. The quantitative estimate of drug-likeness (QED) is 0.707. The number of carbonyl (C=O) groups is 1. The van der Waals surface area contributed by atoms with Gasteiger partial charge in [-0.25, -0.2) is 4.98 Å². The Morgan fingerprint density at radius 3 is 3.07 bits per heavy atom. The van der Waals surface area contributed by atoms with Crippen LogP contribution in [0.2, 0.25) is 0 Å². The topological polar surface area (TPSA) is 72.2 Å². The summed E-state index contributed by atoms with van der Waals surface area (Å²) < 4.78 is 1.48. The van der Waals surface area contributed by atoms with Crippen LogP contribution in [-0.2, 0) is 4.79 Å². The van der Waals surface area contributed by atoms with Gasteiger partial charge in [0.1, 0.15) is 12.1 Å². The van der Waals surface area contributed by atoms with Gasteiger partial charge in [0.15, 0.2) is 0 Å². The molecule has 6 nitrogen and oxygen atoms in total. The van der Waals surface area contributed by atoms with E-state index in [9.17, 15) is 4.79 Å². The minimum absolute atomic E-state index is 0.146. The van der Waals surface area contributed by atoms with Crippen LogP contribution in [0.4, 0.5) is 5.82 Å². The molecule has 0 aromatic carbocycles. The lowest BCUT2D eigenvalue weighted by Crippen LogP contribution is -2.11. The lowest BCUT2D eigenvalue weighted by atomic mass is 10.4. The molecular formula is C8H9N5O. The summed E-state index contributed by atoms with van der Waals surface area (Å²) in [6.45, 7) is 3.28. The largest absolute Gasteiger partial charge is 0.311 e. The zero-order valence-electron chi connectivity index (χ0n) is 7.85. The molecule has 0 aliphatic heterocycles. The molecule has 2 rings (SSSR count). The molecule has 6 heteroatoms. The van der Waals surface area contributed by atoms with Gasteiger partial charge in [0.05, 0.1) is 0 Å². The van der Waals surface area contributed by atoms with Gasteiger partial charge in [0.2, 0.25) is 5.91 Å². The first-order chi connectivity index (χ1) is 6.66. The van der Waals surface area contributed by atoms with Crippen LogP contribution in [0.1, 0.15) is 12.6 Å². The first-order valence-corrected chi connectivity index (χ1v) is 4.12. The average Bonchev–Trinajstić information content (AvgIpc) is 2.50. The minimum Gasteiger partial charge on any atom is -0.311 e. The van der Waals surface area contributed by atoms with Gasteiger partial charge in [-0.05, 0) is 6.92 Å². The van der Waals surface area contributed by atoms with Gasteiger partial charge in [-0.1, -0.05) is 0 Å². The molecule has 72 valence electrons. The Balaban J connectivity index is 2.60. The SMILES string of the molecule is CC(=O)Nc1cc(C)nc2ncnn12. The van der Waals surface area contributed by atoms with E-state index in [4.69, 9.17) is 0 Å². The van der Waals surface area contributed by atoms with Gasteiger partial charge in [0, 0.05) is 18.7 Å². The Kier molecular flexibility index (Phi) is 1.88. The summed E-state index contributed by atoms with van der Waals surface area (Å²) in [7, 11) is 0. The van der Waals surface area contributed by atoms with E-state index < -0.39 is 0 Å². The lowest BCUT2D eigenvalue weighted by molar-refractivity contribution is -0.114. The molecule has 2 heterocycles. The molecule has 0 aliphatic carbocycles. The number of amides is 1.